The Labute approximate surface area is 148 Å². The molecule has 0 fully saturated rings. The third-order valence-corrected chi connectivity index (χ3v) is 4.16. The number of nitrogens with zero attached hydrogens (tertiary/aromatic N) is 3. The molecule has 0 bridgehead atoms. The third kappa shape index (κ3) is 3.61. The van der Waals surface area contributed by atoms with Crippen molar-refractivity contribution in [3.8, 4) is 0 Å². The minimum atomic E-state index is -0.444. The minimum Gasteiger partial charge on any atom is -0.352 e. The highest BCUT2D eigenvalue weighted by Crippen LogP contribution is 2.21. The van der Waals surface area contributed by atoms with E-state index in [9.17, 15) is 14.9 Å². The maximum Gasteiger partial charge on any atom is 0.271 e. The molecule has 25 heavy (non-hydrogen) atoms. The molecule has 128 valence electrons. The van der Waals surface area contributed by atoms with Gasteiger partial charge in [-0.3, -0.25) is 14.9 Å². The van der Waals surface area contributed by atoms with Crippen molar-refractivity contribution in [3.63, 3.8) is 0 Å². The molecule has 0 aliphatic heterocycles. The van der Waals surface area contributed by atoms with Crippen LogP contribution in [0.3, 0.4) is 0 Å². The van der Waals surface area contributed by atoms with Gasteiger partial charge in [-0.2, -0.15) is 0 Å². The number of hydrogen-bond donors (Lipinski definition) is 1. The zero-order valence-corrected chi connectivity index (χ0v) is 14.2. The number of nitro groups is 1. The quantitative estimate of drug-likeness (QED) is 0.560. The van der Waals surface area contributed by atoms with Crippen molar-refractivity contribution >= 4 is 34.2 Å². The van der Waals surface area contributed by atoms with Gasteiger partial charge in [0.2, 0.25) is 0 Å². The predicted molar refractivity (Wildman–Crippen MR) is 94.9 cm³/mol. The lowest BCUT2D eigenvalue weighted by Gasteiger charge is -2.06. The summed E-state index contributed by atoms with van der Waals surface area (Å²) < 4.78 is 1.87. The predicted octanol–water partition coefficient (Wildman–Crippen LogP) is 3.11. The average molecular weight is 359 g/mol. The zero-order valence-electron chi connectivity index (χ0n) is 13.4. The number of hydrogen-bond acceptors (Lipinski definition) is 4. The molecular formula is C17H15ClN4O3. The van der Waals surface area contributed by atoms with E-state index in [1.165, 1.54) is 12.1 Å². The molecule has 0 saturated heterocycles. The first-order chi connectivity index (χ1) is 12.0. The molecule has 2 aromatic carbocycles. The second-order valence-corrected chi connectivity index (χ2v) is 5.97. The van der Waals surface area contributed by atoms with Crippen molar-refractivity contribution in [2.75, 3.05) is 6.54 Å². The minimum absolute atomic E-state index is 0.00758. The Bertz CT molecular complexity index is 950. The lowest BCUT2D eigenvalue weighted by molar-refractivity contribution is -0.384. The van der Waals surface area contributed by atoms with Gasteiger partial charge in [0, 0.05) is 42.7 Å². The first-order valence-corrected chi connectivity index (χ1v) is 7.97. The molecule has 7 nitrogen and oxygen atoms in total. The molecule has 0 atom stereocenters. The summed E-state index contributed by atoms with van der Waals surface area (Å²) in [5.41, 5.74) is 1.92. The van der Waals surface area contributed by atoms with Crippen molar-refractivity contribution in [1.29, 1.82) is 0 Å². The van der Waals surface area contributed by atoms with Crippen molar-refractivity contribution in [2.24, 2.45) is 7.05 Å². The van der Waals surface area contributed by atoms with Gasteiger partial charge < -0.3 is 9.88 Å². The number of nitro benzene ring substituents is 1. The van der Waals surface area contributed by atoms with Crippen LogP contribution in [0.2, 0.25) is 5.02 Å². The van der Waals surface area contributed by atoms with Crippen molar-refractivity contribution in [3.05, 3.63) is 69.0 Å². The fraction of sp³-hybridized carbons (Fsp3) is 0.176. The standard InChI is InChI=1S/C17H15ClN4O3/c1-21-15-7-6-13(22(24)25)10-14(15)20-16(21)8-9-19-17(23)11-2-4-12(18)5-3-11/h2-7,10H,8-9H2,1H3,(H,19,23). The molecule has 0 radical (unpaired) electrons. The molecule has 3 rings (SSSR count). The van der Waals surface area contributed by atoms with Crippen LogP contribution in [0, 0.1) is 10.1 Å². The Kier molecular flexibility index (Phi) is 4.67. The first-order valence-electron chi connectivity index (χ1n) is 7.59. The first kappa shape index (κ1) is 16.9. The van der Waals surface area contributed by atoms with Gasteiger partial charge in [0.05, 0.1) is 16.0 Å². The van der Waals surface area contributed by atoms with E-state index in [4.69, 9.17) is 11.6 Å². The van der Waals surface area contributed by atoms with E-state index in [1.807, 2.05) is 11.6 Å². The van der Waals surface area contributed by atoms with E-state index < -0.39 is 4.92 Å². The summed E-state index contributed by atoms with van der Waals surface area (Å²) in [5.74, 6) is 0.554. The molecule has 0 spiro atoms. The van der Waals surface area contributed by atoms with E-state index in [2.05, 4.69) is 10.3 Å². The second kappa shape index (κ2) is 6.90. The summed E-state index contributed by atoms with van der Waals surface area (Å²) in [6.07, 6.45) is 0.512. The van der Waals surface area contributed by atoms with Gasteiger partial charge in [-0.15, -0.1) is 0 Å². The molecular weight excluding hydrogens is 344 g/mol. The number of aromatic nitrogens is 2. The Hall–Kier alpha value is -2.93. The second-order valence-electron chi connectivity index (χ2n) is 5.53. The number of benzene rings is 2. The van der Waals surface area contributed by atoms with Crippen molar-refractivity contribution < 1.29 is 9.72 Å². The number of aryl methyl sites for hydroxylation is 1. The Balaban J connectivity index is 1.68. The highest BCUT2D eigenvalue weighted by Gasteiger charge is 2.13. The van der Waals surface area contributed by atoms with Gasteiger partial charge in [0.15, 0.2) is 0 Å². The number of amides is 1. The van der Waals surface area contributed by atoms with Crippen LogP contribution in [0.1, 0.15) is 16.2 Å². The van der Waals surface area contributed by atoms with Crippen LogP contribution in [-0.4, -0.2) is 26.9 Å². The normalized spacial score (nSPS) is 10.8. The lowest BCUT2D eigenvalue weighted by atomic mass is 10.2. The fourth-order valence-electron chi connectivity index (χ4n) is 2.57. The summed E-state index contributed by atoms with van der Waals surface area (Å²) >= 11 is 5.80. The van der Waals surface area contributed by atoms with Gasteiger partial charge in [-0.1, -0.05) is 11.6 Å². The topological polar surface area (TPSA) is 90.1 Å². The van der Waals surface area contributed by atoms with Gasteiger partial charge in [-0.05, 0) is 30.3 Å². The van der Waals surface area contributed by atoms with Gasteiger partial charge in [-0.25, -0.2) is 4.98 Å². The highest BCUT2D eigenvalue weighted by molar-refractivity contribution is 6.30. The lowest BCUT2D eigenvalue weighted by Crippen LogP contribution is -2.26. The van der Waals surface area contributed by atoms with Gasteiger partial charge >= 0.3 is 0 Å². The van der Waals surface area contributed by atoms with Crippen molar-refractivity contribution in [2.45, 2.75) is 6.42 Å². The van der Waals surface area contributed by atoms with E-state index in [0.717, 1.165) is 11.3 Å². The van der Waals surface area contributed by atoms with Crippen LogP contribution < -0.4 is 5.32 Å². The fourth-order valence-corrected chi connectivity index (χ4v) is 2.69. The van der Waals surface area contributed by atoms with Gasteiger partial charge in [0.25, 0.3) is 11.6 Å². The molecule has 0 aliphatic carbocycles. The van der Waals surface area contributed by atoms with Gasteiger partial charge in [0.1, 0.15) is 5.82 Å². The van der Waals surface area contributed by atoms with E-state index in [1.54, 1.807) is 30.3 Å². The molecule has 1 N–H and O–H groups in total. The molecule has 8 heteroatoms. The van der Waals surface area contributed by atoms with Crippen LogP contribution in [-0.2, 0) is 13.5 Å². The van der Waals surface area contributed by atoms with Crippen LogP contribution in [0.15, 0.2) is 42.5 Å². The summed E-state index contributed by atoms with van der Waals surface area (Å²) in [7, 11) is 1.84. The number of fused-ring (bicyclic) bond motifs is 1. The Morgan fingerprint density at radius 1 is 1.28 bits per heavy atom. The number of carbonyl (C=O) groups excluding carboxylic acids is 1. The molecule has 1 aromatic heterocycles. The average Bonchev–Trinajstić information content (AvgIpc) is 2.91. The molecule has 0 aliphatic rings. The number of imidazole rings is 1. The van der Waals surface area contributed by atoms with Crippen LogP contribution in [0.5, 0.6) is 0 Å². The molecule has 0 saturated carbocycles. The van der Waals surface area contributed by atoms with Crippen LogP contribution in [0.4, 0.5) is 5.69 Å². The smallest absolute Gasteiger partial charge is 0.271 e. The highest BCUT2D eigenvalue weighted by atomic mass is 35.5. The maximum absolute atomic E-state index is 12.1. The monoisotopic (exact) mass is 358 g/mol. The van der Waals surface area contributed by atoms with E-state index in [0.29, 0.717) is 29.1 Å². The number of rotatable bonds is 5. The van der Waals surface area contributed by atoms with Crippen molar-refractivity contribution in [1.82, 2.24) is 14.9 Å². The van der Waals surface area contributed by atoms with Crippen LogP contribution in [0.25, 0.3) is 11.0 Å². The SMILES string of the molecule is Cn1c(CCNC(=O)c2ccc(Cl)cc2)nc2cc([N+](=O)[O-])ccc21. The van der Waals surface area contributed by atoms with Crippen LogP contribution >= 0.6 is 11.6 Å². The number of carbonyl (C=O) groups is 1. The Morgan fingerprint density at radius 2 is 2.00 bits per heavy atom. The third-order valence-electron chi connectivity index (χ3n) is 3.91. The number of non-ortho nitro benzene ring substituents is 1. The number of halogens is 1. The molecule has 1 heterocycles. The molecule has 3 aromatic rings. The number of nitrogens with one attached hydrogen (secondary N) is 1. The molecule has 1 amide bonds. The Morgan fingerprint density at radius 3 is 2.68 bits per heavy atom. The summed E-state index contributed by atoms with van der Waals surface area (Å²) in [6.45, 7) is 0.403. The summed E-state index contributed by atoms with van der Waals surface area (Å²) in [4.78, 5) is 26.9. The maximum atomic E-state index is 12.1. The zero-order chi connectivity index (χ0) is 18.0. The van der Waals surface area contributed by atoms with E-state index >= 15 is 0 Å². The summed E-state index contributed by atoms with van der Waals surface area (Å²) in [6, 6.07) is 11.2. The molecule has 0 unspecified atom stereocenters. The summed E-state index contributed by atoms with van der Waals surface area (Å²) in [5, 5.41) is 14.3. The largest absolute Gasteiger partial charge is 0.352 e. The van der Waals surface area contributed by atoms with E-state index in [-0.39, 0.29) is 11.6 Å².